The summed E-state index contributed by atoms with van der Waals surface area (Å²) in [6.07, 6.45) is -0.431. The minimum Gasteiger partial charge on any atom is -0.481 e. The van der Waals surface area contributed by atoms with Gasteiger partial charge in [-0.1, -0.05) is 13.8 Å². The number of aliphatic hydroxyl groups is 1. The van der Waals surface area contributed by atoms with Crippen LogP contribution >= 0.6 is 0 Å². The predicted molar refractivity (Wildman–Crippen MR) is 51.0 cm³/mol. The lowest BCUT2D eigenvalue weighted by Crippen LogP contribution is -2.54. The molecule has 2 aliphatic rings. The van der Waals surface area contributed by atoms with Gasteiger partial charge in [0.1, 0.15) is 0 Å². The minimum atomic E-state index is -0.903. The van der Waals surface area contributed by atoms with Crippen molar-refractivity contribution in [3.63, 3.8) is 0 Å². The van der Waals surface area contributed by atoms with Crippen LogP contribution in [0, 0.1) is 17.3 Å². The summed E-state index contributed by atoms with van der Waals surface area (Å²) in [5, 5.41) is 18.0. The second kappa shape index (κ2) is 2.95. The van der Waals surface area contributed by atoms with Crippen molar-refractivity contribution in [1.29, 1.82) is 0 Å². The van der Waals surface area contributed by atoms with E-state index in [1.54, 1.807) is 13.8 Å². The van der Waals surface area contributed by atoms with Crippen molar-refractivity contribution in [2.75, 3.05) is 13.1 Å². The summed E-state index contributed by atoms with van der Waals surface area (Å²) in [6.45, 7) is 4.28. The van der Waals surface area contributed by atoms with E-state index in [1.165, 1.54) is 4.90 Å². The van der Waals surface area contributed by atoms with Crippen LogP contribution in [0.15, 0.2) is 0 Å². The highest BCUT2D eigenvalue weighted by Crippen LogP contribution is 2.59. The molecule has 1 aliphatic carbocycles. The Balaban J connectivity index is 2.01. The third kappa shape index (κ3) is 1.42. The molecule has 0 radical (unpaired) electrons. The van der Waals surface area contributed by atoms with E-state index in [0.717, 1.165) is 0 Å². The molecule has 2 unspecified atom stereocenters. The van der Waals surface area contributed by atoms with E-state index in [-0.39, 0.29) is 5.91 Å². The fourth-order valence-corrected chi connectivity index (χ4v) is 2.39. The van der Waals surface area contributed by atoms with Crippen molar-refractivity contribution in [3.8, 4) is 0 Å². The number of aliphatic hydroxyl groups excluding tert-OH is 1. The molecular weight excluding hydrogens is 198 g/mol. The molecule has 0 aromatic rings. The van der Waals surface area contributed by atoms with Gasteiger partial charge in [0.2, 0.25) is 5.91 Å². The summed E-state index contributed by atoms with van der Waals surface area (Å²) < 4.78 is 0. The maximum Gasteiger partial charge on any atom is 0.307 e. The van der Waals surface area contributed by atoms with Crippen LogP contribution in [0.5, 0.6) is 0 Å². The van der Waals surface area contributed by atoms with Gasteiger partial charge in [0.05, 0.1) is 17.9 Å². The van der Waals surface area contributed by atoms with Crippen molar-refractivity contribution >= 4 is 11.9 Å². The van der Waals surface area contributed by atoms with Crippen molar-refractivity contribution in [2.24, 2.45) is 17.3 Å². The maximum atomic E-state index is 11.8. The molecule has 1 saturated carbocycles. The summed E-state index contributed by atoms with van der Waals surface area (Å²) in [6, 6.07) is 0. The fraction of sp³-hybridized carbons (Fsp3) is 0.800. The zero-order valence-corrected chi connectivity index (χ0v) is 8.80. The van der Waals surface area contributed by atoms with E-state index < -0.39 is 29.3 Å². The van der Waals surface area contributed by atoms with Gasteiger partial charge in [0.15, 0.2) is 0 Å². The fourth-order valence-electron chi connectivity index (χ4n) is 2.39. The summed E-state index contributed by atoms with van der Waals surface area (Å²) in [5.74, 6) is -2.01. The quantitative estimate of drug-likeness (QED) is 0.651. The number of amides is 1. The Labute approximate surface area is 87.7 Å². The zero-order chi connectivity index (χ0) is 11.4. The molecule has 0 aromatic heterocycles. The summed E-state index contributed by atoms with van der Waals surface area (Å²) in [7, 11) is 0. The van der Waals surface area contributed by atoms with Gasteiger partial charge >= 0.3 is 5.97 Å². The molecule has 1 heterocycles. The van der Waals surface area contributed by atoms with Gasteiger partial charge in [0, 0.05) is 13.1 Å². The van der Waals surface area contributed by atoms with Crippen LogP contribution in [-0.2, 0) is 9.59 Å². The molecule has 0 aromatic carbocycles. The molecule has 15 heavy (non-hydrogen) atoms. The van der Waals surface area contributed by atoms with Crippen LogP contribution in [0.4, 0.5) is 0 Å². The summed E-state index contributed by atoms with van der Waals surface area (Å²) in [5.41, 5.74) is -0.441. The van der Waals surface area contributed by atoms with E-state index in [0.29, 0.717) is 13.1 Å². The van der Waals surface area contributed by atoms with E-state index in [9.17, 15) is 9.59 Å². The number of hydrogen-bond donors (Lipinski definition) is 2. The standard InChI is InChI=1S/C10H15NO4/c1-10(2)6(7(10)9(14)15)8(13)11-3-5(12)4-11/h5-7,12H,3-4H2,1-2H3,(H,14,15). The Morgan fingerprint density at radius 3 is 2.13 bits per heavy atom. The predicted octanol–water partition coefficient (Wildman–Crippen LogP) is -0.454. The highest BCUT2D eigenvalue weighted by Gasteiger charge is 2.67. The third-order valence-electron chi connectivity index (χ3n) is 3.53. The van der Waals surface area contributed by atoms with Crippen molar-refractivity contribution in [1.82, 2.24) is 4.90 Å². The molecular formula is C10H15NO4. The van der Waals surface area contributed by atoms with Crippen LogP contribution in [0.3, 0.4) is 0 Å². The van der Waals surface area contributed by atoms with Gasteiger partial charge in [-0.05, 0) is 5.41 Å². The van der Waals surface area contributed by atoms with Crippen LogP contribution in [0.1, 0.15) is 13.8 Å². The van der Waals surface area contributed by atoms with Crippen molar-refractivity contribution in [2.45, 2.75) is 20.0 Å². The third-order valence-corrected chi connectivity index (χ3v) is 3.53. The normalized spacial score (nSPS) is 33.4. The van der Waals surface area contributed by atoms with Gasteiger partial charge < -0.3 is 15.1 Å². The van der Waals surface area contributed by atoms with E-state index in [4.69, 9.17) is 10.2 Å². The monoisotopic (exact) mass is 213 g/mol. The Hall–Kier alpha value is -1.10. The molecule has 0 spiro atoms. The highest BCUT2D eigenvalue weighted by atomic mass is 16.4. The molecule has 1 amide bonds. The average molecular weight is 213 g/mol. The number of aliphatic carboxylic acids is 1. The first-order chi connectivity index (χ1) is 6.85. The first-order valence-corrected chi connectivity index (χ1v) is 5.05. The van der Waals surface area contributed by atoms with E-state index >= 15 is 0 Å². The van der Waals surface area contributed by atoms with Crippen molar-refractivity contribution in [3.05, 3.63) is 0 Å². The molecule has 2 fully saturated rings. The van der Waals surface area contributed by atoms with Crippen LogP contribution in [0.25, 0.3) is 0 Å². The van der Waals surface area contributed by atoms with Crippen LogP contribution in [-0.4, -0.2) is 46.2 Å². The molecule has 5 heteroatoms. The smallest absolute Gasteiger partial charge is 0.307 e. The summed E-state index contributed by atoms with van der Waals surface area (Å²) in [4.78, 5) is 24.2. The Morgan fingerprint density at radius 2 is 1.80 bits per heavy atom. The molecule has 5 nitrogen and oxygen atoms in total. The highest BCUT2D eigenvalue weighted by molar-refractivity contribution is 5.92. The lowest BCUT2D eigenvalue weighted by atomic mass is 10.1. The van der Waals surface area contributed by atoms with Gasteiger partial charge in [-0.15, -0.1) is 0 Å². The minimum absolute atomic E-state index is 0.127. The Kier molecular flexibility index (Phi) is 2.05. The molecule has 1 saturated heterocycles. The van der Waals surface area contributed by atoms with Gasteiger partial charge in [-0.3, -0.25) is 9.59 Å². The number of carboxylic acids is 1. The van der Waals surface area contributed by atoms with Crippen LogP contribution in [0.2, 0.25) is 0 Å². The first-order valence-electron chi connectivity index (χ1n) is 5.05. The number of rotatable bonds is 2. The number of hydrogen-bond acceptors (Lipinski definition) is 3. The van der Waals surface area contributed by atoms with Crippen LogP contribution < -0.4 is 0 Å². The summed E-state index contributed by atoms with van der Waals surface area (Å²) >= 11 is 0. The second-order valence-corrected chi connectivity index (χ2v) is 5.01. The lowest BCUT2D eigenvalue weighted by molar-refractivity contribution is -0.146. The van der Waals surface area contributed by atoms with E-state index in [2.05, 4.69) is 0 Å². The molecule has 2 atom stereocenters. The Morgan fingerprint density at radius 1 is 1.27 bits per heavy atom. The second-order valence-electron chi connectivity index (χ2n) is 5.01. The number of nitrogens with zero attached hydrogens (tertiary/aromatic N) is 1. The largest absolute Gasteiger partial charge is 0.481 e. The SMILES string of the molecule is CC1(C)C(C(=O)O)C1C(=O)N1CC(O)C1. The van der Waals surface area contributed by atoms with Gasteiger partial charge in [-0.2, -0.15) is 0 Å². The first kappa shape index (κ1) is 10.4. The number of likely N-dealkylation sites (tertiary alicyclic amines) is 1. The van der Waals surface area contributed by atoms with E-state index in [1.807, 2.05) is 0 Å². The van der Waals surface area contributed by atoms with Gasteiger partial charge in [-0.25, -0.2) is 0 Å². The maximum absolute atomic E-state index is 11.8. The molecule has 84 valence electrons. The van der Waals surface area contributed by atoms with Gasteiger partial charge in [0.25, 0.3) is 0 Å². The topological polar surface area (TPSA) is 77.8 Å². The zero-order valence-electron chi connectivity index (χ0n) is 8.80. The number of carboxylic acid groups (broad SMARTS) is 1. The molecule has 0 bridgehead atoms. The van der Waals surface area contributed by atoms with Crippen molar-refractivity contribution < 1.29 is 19.8 Å². The molecule has 1 aliphatic heterocycles. The number of carbonyl (C=O) groups is 2. The average Bonchev–Trinajstić information content (AvgIpc) is 2.62. The molecule has 2 rings (SSSR count). The lowest BCUT2D eigenvalue weighted by Gasteiger charge is -2.36. The number of β-amino-alcohol motifs (C(OH)–C–C–N with tert-alkyl or cyclic N) is 1. The Bertz CT molecular complexity index is 319. The molecule has 2 N–H and O–H groups in total. The number of carbonyl (C=O) groups excluding carboxylic acids is 1.